The van der Waals surface area contributed by atoms with Gasteiger partial charge in [-0.1, -0.05) is 29.8 Å². The van der Waals surface area contributed by atoms with Crippen molar-refractivity contribution in [1.82, 2.24) is 9.88 Å². The van der Waals surface area contributed by atoms with Gasteiger partial charge in [0, 0.05) is 42.5 Å². The maximum Gasteiger partial charge on any atom is 0.248 e. The van der Waals surface area contributed by atoms with Gasteiger partial charge in [-0.05, 0) is 55.5 Å². The van der Waals surface area contributed by atoms with E-state index in [0.29, 0.717) is 5.92 Å². The smallest absolute Gasteiger partial charge is 0.248 e. The van der Waals surface area contributed by atoms with E-state index in [1.54, 1.807) is 7.11 Å². The Labute approximate surface area is 160 Å². The molecule has 0 bridgehead atoms. The van der Waals surface area contributed by atoms with Crippen molar-refractivity contribution < 1.29 is 9.53 Å². The van der Waals surface area contributed by atoms with Gasteiger partial charge in [0.2, 0.25) is 5.91 Å². The fourth-order valence-corrected chi connectivity index (χ4v) is 3.78. The maximum atomic E-state index is 12.0. The number of nitrogens with zero attached hydrogens (tertiary/aromatic N) is 2. The Bertz CT molecular complexity index is 770. The molecule has 26 heavy (non-hydrogen) atoms. The summed E-state index contributed by atoms with van der Waals surface area (Å²) in [7, 11) is 1.56. The monoisotopic (exact) mass is 372 g/mol. The summed E-state index contributed by atoms with van der Waals surface area (Å²) < 4.78 is 4.95. The summed E-state index contributed by atoms with van der Waals surface area (Å²) >= 11 is 6.31. The number of amides is 1. The number of ether oxygens (including phenoxy) is 1. The lowest BCUT2D eigenvalue weighted by molar-refractivity contribution is -0.136. The highest BCUT2D eigenvalue weighted by Gasteiger charge is 2.24. The molecule has 0 aliphatic carbocycles. The summed E-state index contributed by atoms with van der Waals surface area (Å²) in [5.41, 5.74) is 4.53. The number of methoxy groups -OCH3 is 1. The van der Waals surface area contributed by atoms with Gasteiger partial charge in [-0.3, -0.25) is 9.78 Å². The van der Waals surface area contributed by atoms with Crippen molar-refractivity contribution in [3.8, 4) is 0 Å². The van der Waals surface area contributed by atoms with Crippen molar-refractivity contribution in [3.05, 3.63) is 63.9 Å². The summed E-state index contributed by atoms with van der Waals surface area (Å²) in [5.74, 6) is 0.467. The average molecular weight is 373 g/mol. The molecule has 1 aromatic carbocycles. The molecule has 1 saturated heterocycles. The average Bonchev–Trinajstić information content (AvgIpc) is 2.63. The number of halogens is 1. The Morgan fingerprint density at radius 1 is 1.27 bits per heavy atom. The highest BCUT2D eigenvalue weighted by molar-refractivity contribution is 6.31. The summed E-state index contributed by atoms with van der Waals surface area (Å²) in [5, 5.41) is 0.800. The Morgan fingerprint density at radius 3 is 2.69 bits per heavy atom. The van der Waals surface area contributed by atoms with Crippen molar-refractivity contribution in [2.45, 2.75) is 32.1 Å². The number of pyridine rings is 1. The molecular formula is C21H25ClN2O2. The van der Waals surface area contributed by atoms with E-state index in [1.807, 2.05) is 30.0 Å². The molecule has 0 atom stereocenters. The zero-order chi connectivity index (χ0) is 18.5. The summed E-state index contributed by atoms with van der Waals surface area (Å²) in [6.45, 7) is 3.73. The second-order valence-electron chi connectivity index (χ2n) is 6.90. The number of carbonyl (C=O) groups is 1. The molecule has 2 aromatic rings. The third-order valence-corrected chi connectivity index (χ3v) is 5.29. The van der Waals surface area contributed by atoms with Crippen LogP contribution in [0.1, 0.15) is 41.3 Å². The first kappa shape index (κ1) is 18.9. The van der Waals surface area contributed by atoms with Gasteiger partial charge < -0.3 is 9.64 Å². The van der Waals surface area contributed by atoms with Crippen LogP contribution in [0.4, 0.5) is 0 Å². The molecule has 0 unspecified atom stereocenters. The van der Waals surface area contributed by atoms with E-state index in [1.165, 1.54) is 5.56 Å². The van der Waals surface area contributed by atoms with E-state index >= 15 is 0 Å². The molecule has 0 spiro atoms. The number of carbonyl (C=O) groups excluding carboxylic acids is 1. The molecule has 2 heterocycles. The van der Waals surface area contributed by atoms with Crippen LogP contribution in [-0.4, -0.2) is 42.6 Å². The summed E-state index contributed by atoms with van der Waals surface area (Å²) in [6, 6.07) is 12.3. The predicted molar refractivity (Wildman–Crippen MR) is 104 cm³/mol. The Balaban J connectivity index is 1.71. The zero-order valence-electron chi connectivity index (χ0n) is 15.4. The highest BCUT2D eigenvalue weighted by atomic mass is 35.5. The van der Waals surface area contributed by atoms with Gasteiger partial charge in [-0.2, -0.15) is 0 Å². The largest absolute Gasteiger partial charge is 0.375 e. The molecule has 1 aliphatic heterocycles. The van der Waals surface area contributed by atoms with Gasteiger partial charge in [0.1, 0.15) is 6.61 Å². The van der Waals surface area contributed by atoms with Crippen molar-refractivity contribution in [3.63, 3.8) is 0 Å². The van der Waals surface area contributed by atoms with Crippen molar-refractivity contribution in [2.75, 3.05) is 26.8 Å². The van der Waals surface area contributed by atoms with Gasteiger partial charge in [0.25, 0.3) is 0 Å². The van der Waals surface area contributed by atoms with Gasteiger partial charge in [0.15, 0.2) is 0 Å². The number of aromatic nitrogens is 1. The molecule has 0 N–H and O–H groups in total. The fraction of sp³-hybridized carbons (Fsp3) is 0.429. The van der Waals surface area contributed by atoms with Crippen LogP contribution < -0.4 is 0 Å². The second-order valence-corrected chi connectivity index (χ2v) is 7.31. The van der Waals surface area contributed by atoms with Crippen molar-refractivity contribution in [1.29, 1.82) is 0 Å². The molecule has 0 saturated carbocycles. The lowest BCUT2D eigenvalue weighted by Crippen LogP contribution is -2.39. The molecule has 1 fully saturated rings. The molecule has 1 aliphatic rings. The lowest BCUT2D eigenvalue weighted by Gasteiger charge is -2.32. The number of benzene rings is 1. The van der Waals surface area contributed by atoms with E-state index in [-0.39, 0.29) is 12.5 Å². The number of hydrogen-bond donors (Lipinski definition) is 0. The highest BCUT2D eigenvalue weighted by Crippen LogP contribution is 2.29. The number of rotatable bonds is 5. The minimum Gasteiger partial charge on any atom is -0.375 e. The zero-order valence-corrected chi connectivity index (χ0v) is 16.1. The quantitative estimate of drug-likeness (QED) is 0.797. The normalized spacial score (nSPS) is 15.3. The summed E-state index contributed by atoms with van der Waals surface area (Å²) in [4.78, 5) is 18.6. The van der Waals surface area contributed by atoms with Crippen LogP contribution in [0, 0.1) is 6.92 Å². The van der Waals surface area contributed by atoms with Crippen molar-refractivity contribution >= 4 is 17.5 Å². The van der Waals surface area contributed by atoms with E-state index < -0.39 is 0 Å². The van der Waals surface area contributed by atoms with Gasteiger partial charge in [-0.25, -0.2) is 0 Å². The standard InChI is InChI=1S/C21H25ClN2O2/c1-15-11-16(12-18-5-3-4-6-19(18)22)13-20(23-15)17-7-9-24(10-8-17)21(25)14-26-2/h3-6,11,13,17H,7-10,12,14H2,1-2H3. The molecule has 138 valence electrons. The predicted octanol–water partition coefficient (Wildman–Crippen LogP) is 3.99. The first-order valence-electron chi connectivity index (χ1n) is 9.04. The Morgan fingerprint density at radius 2 is 2.00 bits per heavy atom. The van der Waals surface area contributed by atoms with E-state index in [0.717, 1.165) is 54.3 Å². The molecule has 0 radical (unpaired) electrons. The fourth-order valence-electron chi connectivity index (χ4n) is 3.58. The van der Waals surface area contributed by atoms with Gasteiger partial charge in [-0.15, -0.1) is 0 Å². The minimum atomic E-state index is 0.0718. The second kappa shape index (κ2) is 8.65. The van der Waals surface area contributed by atoms with Crippen LogP contribution in [0.15, 0.2) is 36.4 Å². The first-order chi connectivity index (χ1) is 12.6. The number of likely N-dealkylation sites (tertiary alicyclic amines) is 1. The SMILES string of the molecule is COCC(=O)N1CCC(c2cc(Cc3ccccc3Cl)cc(C)n2)CC1. The lowest BCUT2D eigenvalue weighted by atomic mass is 9.91. The van der Waals surface area contributed by atoms with Gasteiger partial charge >= 0.3 is 0 Å². The van der Waals surface area contributed by atoms with E-state index in [9.17, 15) is 4.79 Å². The van der Waals surface area contributed by atoms with Gasteiger partial charge in [0.05, 0.1) is 0 Å². The minimum absolute atomic E-state index is 0.0718. The van der Waals surface area contributed by atoms with Crippen LogP contribution in [0.3, 0.4) is 0 Å². The topological polar surface area (TPSA) is 42.4 Å². The van der Waals surface area contributed by atoms with Crippen LogP contribution >= 0.6 is 11.6 Å². The number of hydrogen-bond acceptors (Lipinski definition) is 3. The molecule has 3 rings (SSSR count). The summed E-state index contributed by atoms with van der Waals surface area (Å²) in [6.07, 6.45) is 2.69. The Kier molecular flexibility index (Phi) is 6.28. The third-order valence-electron chi connectivity index (χ3n) is 4.92. The maximum absolute atomic E-state index is 12.0. The molecular weight excluding hydrogens is 348 g/mol. The van der Waals surface area contributed by atoms with Crippen molar-refractivity contribution in [2.24, 2.45) is 0 Å². The number of piperidine rings is 1. The van der Waals surface area contributed by atoms with E-state index in [4.69, 9.17) is 21.3 Å². The molecule has 5 heteroatoms. The Hall–Kier alpha value is -1.91. The number of aryl methyl sites for hydroxylation is 1. The van der Waals surface area contributed by atoms with E-state index in [2.05, 4.69) is 18.2 Å². The van der Waals surface area contributed by atoms with Crippen LogP contribution in [0.25, 0.3) is 0 Å². The molecule has 1 aromatic heterocycles. The third kappa shape index (κ3) is 4.63. The van der Waals surface area contributed by atoms with Crippen LogP contribution in [0.2, 0.25) is 5.02 Å². The molecule has 4 nitrogen and oxygen atoms in total. The van der Waals surface area contributed by atoms with Crippen LogP contribution in [-0.2, 0) is 16.0 Å². The van der Waals surface area contributed by atoms with Crippen LogP contribution in [0.5, 0.6) is 0 Å². The molecule has 1 amide bonds. The first-order valence-corrected chi connectivity index (χ1v) is 9.42.